The number of rotatable bonds is 8. The highest BCUT2D eigenvalue weighted by Crippen LogP contribution is 2.41. The highest BCUT2D eigenvalue weighted by molar-refractivity contribution is 6.12. The number of hydrogen-bond donors (Lipinski definition) is 0. The molecule has 0 spiro atoms. The van der Waals surface area contributed by atoms with Gasteiger partial charge in [0, 0.05) is 17.1 Å². The first-order valence-corrected chi connectivity index (χ1v) is 19.6. The fourth-order valence-electron chi connectivity index (χ4n) is 8.22. The Labute approximate surface area is 334 Å². The molecule has 0 fully saturated rings. The second-order valence-electron chi connectivity index (χ2n) is 14.5. The maximum absolute atomic E-state index is 2.35. The molecule has 0 bridgehead atoms. The van der Waals surface area contributed by atoms with Crippen LogP contribution >= 0.6 is 0 Å². The number of hydrogen-bond acceptors (Lipinski definition) is 1. The maximum atomic E-state index is 2.35. The zero-order valence-electron chi connectivity index (χ0n) is 31.5. The molecule has 268 valence electrons. The van der Waals surface area contributed by atoms with E-state index in [1.165, 1.54) is 77.2 Å². The molecule has 57 heavy (non-hydrogen) atoms. The van der Waals surface area contributed by atoms with Gasteiger partial charge in [-0.25, -0.2) is 0 Å². The lowest BCUT2D eigenvalue weighted by atomic mass is 9.91. The van der Waals surface area contributed by atoms with Crippen molar-refractivity contribution in [1.29, 1.82) is 0 Å². The lowest BCUT2D eigenvalue weighted by molar-refractivity contribution is 1.28. The summed E-state index contributed by atoms with van der Waals surface area (Å²) in [5, 5.41) is 5.09. The van der Waals surface area contributed by atoms with E-state index in [0.29, 0.717) is 0 Å². The van der Waals surface area contributed by atoms with Crippen LogP contribution in [0.4, 0.5) is 17.1 Å². The molecule has 0 saturated heterocycles. The van der Waals surface area contributed by atoms with E-state index in [1.807, 2.05) is 0 Å². The van der Waals surface area contributed by atoms with Gasteiger partial charge in [-0.15, -0.1) is 0 Å². The molecule has 0 aromatic heterocycles. The molecule has 0 heterocycles. The van der Waals surface area contributed by atoms with Crippen LogP contribution < -0.4 is 4.90 Å². The van der Waals surface area contributed by atoms with E-state index < -0.39 is 0 Å². The van der Waals surface area contributed by atoms with Crippen molar-refractivity contribution in [2.75, 3.05) is 4.90 Å². The molecule has 0 amide bonds. The standard InChI is InChI=1S/C56H39N/c1-4-13-40(14-5-1)41-23-31-48(32-24-41)57(50-35-27-46(28-36-50)52-21-12-22-54-51-20-11-10-19-45(51)29-38-55(52)54)49-33-25-42(26-34-49)47-30-37-53(43-15-6-2-7-16-43)56(39-47)44-17-8-3-9-18-44/h1-39H. The molecule has 0 atom stereocenters. The SMILES string of the molecule is c1ccc(-c2ccc(N(c3ccc(-c4ccc(-c5ccccc5)c(-c5ccccc5)c4)cc3)c3ccc(-c4cccc5c4ccc4ccccc45)cc3)cc2)cc1. The molecule has 10 rings (SSSR count). The minimum atomic E-state index is 1.10. The molecule has 1 nitrogen and oxygen atoms in total. The Morgan fingerprint density at radius 3 is 1.26 bits per heavy atom. The molecule has 0 aliphatic carbocycles. The van der Waals surface area contributed by atoms with Gasteiger partial charge in [-0.3, -0.25) is 0 Å². The minimum Gasteiger partial charge on any atom is -0.311 e. The number of anilines is 3. The monoisotopic (exact) mass is 725 g/mol. The fraction of sp³-hybridized carbons (Fsp3) is 0. The van der Waals surface area contributed by atoms with E-state index in [1.54, 1.807) is 0 Å². The Kier molecular flexibility index (Phi) is 8.95. The van der Waals surface area contributed by atoms with Gasteiger partial charge < -0.3 is 4.90 Å². The highest BCUT2D eigenvalue weighted by atomic mass is 15.1. The van der Waals surface area contributed by atoms with Crippen LogP contribution in [0.2, 0.25) is 0 Å². The summed E-state index contributed by atoms with van der Waals surface area (Å²) in [5.74, 6) is 0. The van der Waals surface area contributed by atoms with Crippen LogP contribution in [0.1, 0.15) is 0 Å². The first kappa shape index (κ1) is 34.0. The van der Waals surface area contributed by atoms with E-state index in [9.17, 15) is 0 Å². The maximum Gasteiger partial charge on any atom is 0.0462 e. The summed E-state index contributed by atoms with van der Waals surface area (Å²) in [5.41, 5.74) is 15.4. The summed E-state index contributed by atoms with van der Waals surface area (Å²) in [6.45, 7) is 0. The summed E-state index contributed by atoms with van der Waals surface area (Å²) >= 11 is 0. The number of nitrogens with zero attached hydrogens (tertiary/aromatic N) is 1. The van der Waals surface area contributed by atoms with Gasteiger partial charge in [-0.05, 0) is 120 Å². The largest absolute Gasteiger partial charge is 0.311 e. The average molecular weight is 726 g/mol. The summed E-state index contributed by atoms with van der Waals surface area (Å²) in [6.07, 6.45) is 0. The first-order chi connectivity index (χ1) is 28.3. The number of benzene rings is 10. The van der Waals surface area contributed by atoms with Crippen molar-refractivity contribution < 1.29 is 0 Å². The zero-order valence-corrected chi connectivity index (χ0v) is 31.5. The summed E-state index contributed by atoms with van der Waals surface area (Å²) in [4.78, 5) is 2.35. The quantitative estimate of drug-likeness (QED) is 0.141. The Bertz CT molecular complexity index is 2950. The molecule has 0 radical (unpaired) electrons. The van der Waals surface area contributed by atoms with Crippen molar-refractivity contribution in [3.63, 3.8) is 0 Å². The smallest absolute Gasteiger partial charge is 0.0462 e. The van der Waals surface area contributed by atoms with Gasteiger partial charge in [0.05, 0.1) is 0 Å². The van der Waals surface area contributed by atoms with Crippen molar-refractivity contribution in [1.82, 2.24) is 0 Å². The predicted octanol–water partition coefficient (Wildman–Crippen LogP) is 15.8. The molecule has 1 heteroatoms. The lowest BCUT2D eigenvalue weighted by Gasteiger charge is -2.26. The molecular weight excluding hydrogens is 687 g/mol. The second kappa shape index (κ2) is 15.0. The van der Waals surface area contributed by atoms with Crippen molar-refractivity contribution in [2.24, 2.45) is 0 Å². The Hall–Kier alpha value is -7.48. The Morgan fingerprint density at radius 1 is 0.211 bits per heavy atom. The molecule has 10 aromatic carbocycles. The van der Waals surface area contributed by atoms with E-state index in [4.69, 9.17) is 0 Å². The van der Waals surface area contributed by atoms with Gasteiger partial charge in [-0.1, -0.05) is 194 Å². The second-order valence-corrected chi connectivity index (χ2v) is 14.5. The Balaban J connectivity index is 1.03. The third-order valence-electron chi connectivity index (χ3n) is 11.1. The van der Waals surface area contributed by atoms with Crippen LogP contribution in [0.25, 0.3) is 77.2 Å². The summed E-state index contributed by atoms with van der Waals surface area (Å²) in [6, 6.07) is 85.5. The van der Waals surface area contributed by atoms with E-state index in [0.717, 1.165) is 17.1 Å². The molecule has 0 aliphatic rings. The topological polar surface area (TPSA) is 3.24 Å². The van der Waals surface area contributed by atoms with Gasteiger partial charge in [0.15, 0.2) is 0 Å². The molecular formula is C56H39N. The van der Waals surface area contributed by atoms with Crippen LogP contribution in [-0.2, 0) is 0 Å². The van der Waals surface area contributed by atoms with E-state index >= 15 is 0 Å². The van der Waals surface area contributed by atoms with Crippen LogP contribution in [0, 0.1) is 0 Å². The van der Waals surface area contributed by atoms with Crippen LogP contribution in [0.3, 0.4) is 0 Å². The molecule has 0 aliphatic heterocycles. The fourth-order valence-corrected chi connectivity index (χ4v) is 8.22. The van der Waals surface area contributed by atoms with E-state index in [-0.39, 0.29) is 0 Å². The van der Waals surface area contributed by atoms with E-state index in [2.05, 4.69) is 241 Å². The summed E-state index contributed by atoms with van der Waals surface area (Å²) in [7, 11) is 0. The molecule has 0 N–H and O–H groups in total. The van der Waals surface area contributed by atoms with Crippen molar-refractivity contribution in [3.05, 3.63) is 237 Å². The van der Waals surface area contributed by atoms with Crippen molar-refractivity contribution >= 4 is 38.6 Å². The third kappa shape index (κ3) is 6.66. The average Bonchev–Trinajstić information content (AvgIpc) is 3.30. The minimum absolute atomic E-state index is 1.10. The van der Waals surface area contributed by atoms with Gasteiger partial charge >= 0.3 is 0 Å². The molecule has 0 saturated carbocycles. The number of fused-ring (bicyclic) bond motifs is 3. The summed E-state index contributed by atoms with van der Waals surface area (Å²) < 4.78 is 0. The lowest BCUT2D eigenvalue weighted by Crippen LogP contribution is -2.09. The van der Waals surface area contributed by atoms with Gasteiger partial charge in [0.25, 0.3) is 0 Å². The van der Waals surface area contributed by atoms with Crippen LogP contribution in [0.15, 0.2) is 237 Å². The predicted molar refractivity (Wildman–Crippen MR) is 243 cm³/mol. The van der Waals surface area contributed by atoms with Crippen molar-refractivity contribution in [3.8, 4) is 55.6 Å². The van der Waals surface area contributed by atoms with Crippen LogP contribution in [-0.4, -0.2) is 0 Å². The van der Waals surface area contributed by atoms with Crippen LogP contribution in [0.5, 0.6) is 0 Å². The zero-order chi connectivity index (χ0) is 38.0. The molecule has 0 unspecified atom stereocenters. The highest BCUT2D eigenvalue weighted by Gasteiger charge is 2.16. The first-order valence-electron chi connectivity index (χ1n) is 19.6. The van der Waals surface area contributed by atoms with Gasteiger partial charge in [0.2, 0.25) is 0 Å². The molecule has 10 aromatic rings. The van der Waals surface area contributed by atoms with Gasteiger partial charge in [-0.2, -0.15) is 0 Å². The normalized spacial score (nSPS) is 11.2. The third-order valence-corrected chi connectivity index (χ3v) is 11.1. The van der Waals surface area contributed by atoms with Crippen molar-refractivity contribution in [2.45, 2.75) is 0 Å². The van der Waals surface area contributed by atoms with Gasteiger partial charge in [0.1, 0.15) is 0 Å². The Morgan fingerprint density at radius 2 is 0.649 bits per heavy atom.